The minimum atomic E-state index is -0.205. The molecule has 26 heavy (non-hydrogen) atoms. The van der Waals surface area contributed by atoms with E-state index in [1.54, 1.807) is 24.5 Å². The molecule has 1 aliphatic heterocycles. The van der Waals surface area contributed by atoms with Crippen molar-refractivity contribution in [3.63, 3.8) is 0 Å². The first-order chi connectivity index (χ1) is 12.8. The summed E-state index contributed by atoms with van der Waals surface area (Å²) in [7, 11) is 0. The number of nitrogens with one attached hydrogen (secondary N) is 1. The van der Waals surface area contributed by atoms with Crippen LogP contribution in [0.25, 0.3) is 11.3 Å². The molecule has 2 aromatic heterocycles. The van der Waals surface area contributed by atoms with Gasteiger partial charge in [0.2, 0.25) is 5.95 Å². The van der Waals surface area contributed by atoms with Gasteiger partial charge in [0.25, 0.3) is 5.91 Å². The zero-order valence-electron chi connectivity index (χ0n) is 14.1. The van der Waals surface area contributed by atoms with Crippen LogP contribution < -0.4 is 10.2 Å². The molecule has 0 radical (unpaired) electrons. The van der Waals surface area contributed by atoms with Gasteiger partial charge in [0, 0.05) is 37.1 Å². The molecule has 1 amide bonds. The first-order valence-corrected chi connectivity index (χ1v) is 8.51. The Hall–Kier alpha value is -3.35. The molecule has 0 saturated carbocycles. The Labute approximate surface area is 151 Å². The lowest BCUT2D eigenvalue weighted by atomic mass is 10.1. The second-order valence-electron chi connectivity index (χ2n) is 6.12. The summed E-state index contributed by atoms with van der Waals surface area (Å²) in [5.41, 5.74) is 2.28. The summed E-state index contributed by atoms with van der Waals surface area (Å²) < 4.78 is 0. The van der Waals surface area contributed by atoms with E-state index in [1.165, 1.54) is 0 Å². The fourth-order valence-electron chi connectivity index (χ4n) is 3.01. The van der Waals surface area contributed by atoms with Crippen molar-refractivity contribution in [1.29, 1.82) is 0 Å². The molecule has 130 valence electrons. The van der Waals surface area contributed by atoms with Crippen LogP contribution in [0.15, 0.2) is 60.9 Å². The van der Waals surface area contributed by atoms with Crippen molar-refractivity contribution in [2.45, 2.75) is 12.5 Å². The molecule has 0 bridgehead atoms. The van der Waals surface area contributed by atoms with Gasteiger partial charge in [0.15, 0.2) is 5.69 Å². The van der Waals surface area contributed by atoms with E-state index in [9.17, 15) is 4.79 Å². The van der Waals surface area contributed by atoms with E-state index in [4.69, 9.17) is 0 Å². The summed E-state index contributed by atoms with van der Waals surface area (Å²) in [6.07, 6.45) is 4.16. The summed E-state index contributed by atoms with van der Waals surface area (Å²) in [5, 5.41) is 10.6. The van der Waals surface area contributed by atoms with Crippen LogP contribution in [0.5, 0.6) is 0 Å². The van der Waals surface area contributed by atoms with Gasteiger partial charge in [-0.05, 0) is 24.6 Å². The van der Waals surface area contributed by atoms with Crippen LogP contribution in [-0.2, 0) is 0 Å². The SMILES string of the molecule is O=C(NC1CCN(c2nccc(-c3ccccc3)n2)C1)c1cccnn1. The molecule has 7 heteroatoms. The van der Waals surface area contributed by atoms with E-state index in [2.05, 4.69) is 30.4 Å². The molecule has 1 aromatic carbocycles. The van der Waals surface area contributed by atoms with E-state index < -0.39 is 0 Å². The molecule has 1 unspecified atom stereocenters. The van der Waals surface area contributed by atoms with Gasteiger partial charge >= 0.3 is 0 Å². The summed E-state index contributed by atoms with van der Waals surface area (Å²) >= 11 is 0. The van der Waals surface area contributed by atoms with Gasteiger partial charge < -0.3 is 10.2 Å². The topological polar surface area (TPSA) is 83.9 Å². The third-order valence-corrected chi connectivity index (χ3v) is 4.32. The lowest BCUT2D eigenvalue weighted by molar-refractivity contribution is 0.0934. The smallest absolute Gasteiger partial charge is 0.272 e. The lowest BCUT2D eigenvalue weighted by Gasteiger charge is -2.17. The van der Waals surface area contributed by atoms with Crippen LogP contribution in [-0.4, -0.2) is 45.2 Å². The van der Waals surface area contributed by atoms with Crippen molar-refractivity contribution in [3.05, 3.63) is 66.6 Å². The summed E-state index contributed by atoms with van der Waals surface area (Å²) in [4.78, 5) is 23.4. The van der Waals surface area contributed by atoms with Gasteiger partial charge in [-0.2, -0.15) is 5.10 Å². The molecule has 0 spiro atoms. The maximum Gasteiger partial charge on any atom is 0.272 e. The Morgan fingerprint density at radius 2 is 1.96 bits per heavy atom. The monoisotopic (exact) mass is 346 g/mol. The number of anilines is 1. The number of hydrogen-bond acceptors (Lipinski definition) is 6. The molecule has 1 N–H and O–H groups in total. The highest BCUT2D eigenvalue weighted by Gasteiger charge is 2.26. The second-order valence-corrected chi connectivity index (χ2v) is 6.12. The van der Waals surface area contributed by atoms with Gasteiger partial charge in [-0.1, -0.05) is 30.3 Å². The van der Waals surface area contributed by atoms with Crippen LogP contribution >= 0.6 is 0 Å². The molecule has 1 fully saturated rings. The number of rotatable bonds is 4. The number of carbonyl (C=O) groups is 1. The van der Waals surface area contributed by atoms with Crippen molar-refractivity contribution in [2.24, 2.45) is 0 Å². The van der Waals surface area contributed by atoms with Gasteiger partial charge in [0.05, 0.1) is 5.69 Å². The first-order valence-electron chi connectivity index (χ1n) is 8.51. The Morgan fingerprint density at radius 1 is 1.08 bits per heavy atom. The number of benzene rings is 1. The fraction of sp³-hybridized carbons (Fsp3) is 0.211. The Kier molecular flexibility index (Phi) is 4.51. The minimum Gasteiger partial charge on any atom is -0.346 e. The fourth-order valence-corrected chi connectivity index (χ4v) is 3.01. The predicted molar refractivity (Wildman–Crippen MR) is 97.6 cm³/mol. The molecule has 0 aliphatic carbocycles. The molecule has 1 aliphatic rings. The normalized spacial score (nSPS) is 16.5. The highest BCUT2D eigenvalue weighted by atomic mass is 16.2. The average molecular weight is 346 g/mol. The van der Waals surface area contributed by atoms with Crippen molar-refractivity contribution in [3.8, 4) is 11.3 Å². The predicted octanol–water partition coefficient (Wildman–Crippen LogP) is 1.94. The van der Waals surface area contributed by atoms with Crippen LogP contribution in [0.3, 0.4) is 0 Å². The van der Waals surface area contributed by atoms with Crippen molar-refractivity contribution < 1.29 is 4.79 Å². The van der Waals surface area contributed by atoms with Crippen LogP contribution in [0.4, 0.5) is 5.95 Å². The van der Waals surface area contributed by atoms with E-state index in [1.807, 2.05) is 36.4 Å². The minimum absolute atomic E-state index is 0.0356. The number of amides is 1. The molecular weight excluding hydrogens is 328 g/mol. The number of carbonyl (C=O) groups excluding carboxylic acids is 1. The summed E-state index contributed by atoms with van der Waals surface area (Å²) in [5.74, 6) is 0.478. The average Bonchev–Trinajstić information content (AvgIpc) is 3.18. The second kappa shape index (κ2) is 7.26. The Bertz CT molecular complexity index is 887. The van der Waals surface area contributed by atoms with Crippen LogP contribution in [0.2, 0.25) is 0 Å². The summed E-state index contributed by atoms with van der Waals surface area (Å²) in [6, 6.07) is 15.3. The lowest BCUT2D eigenvalue weighted by Crippen LogP contribution is -2.37. The number of aromatic nitrogens is 4. The van der Waals surface area contributed by atoms with E-state index in [-0.39, 0.29) is 11.9 Å². The maximum absolute atomic E-state index is 12.2. The standard InChI is InChI=1S/C19H18N6O/c26-18(17-7-4-10-21-24-17)22-15-9-12-25(13-15)19-20-11-8-16(23-19)14-5-2-1-3-6-14/h1-8,10-11,15H,9,12-13H2,(H,22,26). The Balaban J connectivity index is 1.43. The molecule has 7 nitrogen and oxygen atoms in total. The molecule has 3 heterocycles. The third kappa shape index (κ3) is 3.51. The van der Waals surface area contributed by atoms with Crippen LogP contribution in [0, 0.1) is 0 Å². The van der Waals surface area contributed by atoms with Crippen molar-refractivity contribution in [2.75, 3.05) is 18.0 Å². The molecule has 3 aromatic rings. The number of hydrogen-bond donors (Lipinski definition) is 1. The van der Waals surface area contributed by atoms with E-state index in [0.717, 1.165) is 24.2 Å². The third-order valence-electron chi connectivity index (χ3n) is 4.32. The van der Waals surface area contributed by atoms with Gasteiger partial charge in [-0.25, -0.2) is 9.97 Å². The zero-order valence-corrected chi connectivity index (χ0v) is 14.1. The van der Waals surface area contributed by atoms with E-state index in [0.29, 0.717) is 18.2 Å². The van der Waals surface area contributed by atoms with Gasteiger partial charge in [-0.15, -0.1) is 5.10 Å². The Morgan fingerprint density at radius 3 is 2.77 bits per heavy atom. The number of nitrogens with zero attached hydrogens (tertiary/aromatic N) is 5. The highest BCUT2D eigenvalue weighted by molar-refractivity contribution is 5.92. The largest absolute Gasteiger partial charge is 0.346 e. The molecule has 4 rings (SSSR count). The molecular formula is C19H18N6O. The quantitative estimate of drug-likeness (QED) is 0.777. The highest BCUT2D eigenvalue weighted by Crippen LogP contribution is 2.21. The zero-order chi connectivity index (χ0) is 17.8. The molecule has 1 saturated heterocycles. The molecule has 1 atom stereocenters. The van der Waals surface area contributed by atoms with Gasteiger partial charge in [0.1, 0.15) is 0 Å². The van der Waals surface area contributed by atoms with Crippen LogP contribution in [0.1, 0.15) is 16.9 Å². The van der Waals surface area contributed by atoms with E-state index >= 15 is 0 Å². The first kappa shape index (κ1) is 16.1. The summed E-state index contributed by atoms with van der Waals surface area (Å²) in [6.45, 7) is 1.47. The van der Waals surface area contributed by atoms with Crippen molar-refractivity contribution >= 4 is 11.9 Å². The van der Waals surface area contributed by atoms with Crippen molar-refractivity contribution in [1.82, 2.24) is 25.5 Å². The maximum atomic E-state index is 12.2. The van der Waals surface area contributed by atoms with Gasteiger partial charge in [-0.3, -0.25) is 4.79 Å².